The SMILES string of the molecule is CCCCOc1ccc2c(c1)C1C=CCC1C(c1ccc(N(CC)CC)cc1)N2. The van der Waals surface area contributed by atoms with Crippen molar-refractivity contribution in [3.05, 3.63) is 65.7 Å². The van der Waals surface area contributed by atoms with Gasteiger partial charge in [-0.1, -0.05) is 37.6 Å². The zero-order valence-electron chi connectivity index (χ0n) is 18.0. The largest absolute Gasteiger partial charge is 0.494 e. The number of nitrogens with one attached hydrogen (secondary N) is 1. The van der Waals surface area contributed by atoms with Crippen molar-refractivity contribution >= 4 is 11.4 Å². The van der Waals surface area contributed by atoms with Gasteiger partial charge >= 0.3 is 0 Å². The van der Waals surface area contributed by atoms with Gasteiger partial charge in [0.15, 0.2) is 0 Å². The summed E-state index contributed by atoms with van der Waals surface area (Å²) in [6.07, 6.45) is 8.15. The van der Waals surface area contributed by atoms with Crippen molar-refractivity contribution in [3.63, 3.8) is 0 Å². The highest BCUT2D eigenvalue weighted by Crippen LogP contribution is 2.50. The van der Waals surface area contributed by atoms with Crippen LogP contribution in [0, 0.1) is 5.92 Å². The minimum atomic E-state index is 0.347. The van der Waals surface area contributed by atoms with E-state index in [2.05, 4.69) is 85.6 Å². The Morgan fingerprint density at radius 1 is 1.03 bits per heavy atom. The Labute approximate surface area is 175 Å². The minimum Gasteiger partial charge on any atom is -0.494 e. The molecule has 4 rings (SSSR count). The molecule has 2 aliphatic rings. The Morgan fingerprint density at radius 2 is 1.83 bits per heavy atom. The molecule has 1 heterocycles. The normalized spacial score (nSPS) is 22.0. The van der Waals surface area contributed by atoms with E-state index in [0.717, 1.165) is 44.7 Å². The number of rotatable bonds is 8. The number of unbranched alkanes of at least 4 members (excludes halogenated alkanes) is 1. The summed E-state index contributed by atoms with van der Waals surface area (Å²) < 4.78 is 5.97. The summed E-state index contributed by atoms with van der Waals surface area (Å²) in [4.78, 5) is 2.40. The summed E-state index contributed by atoms with van der Waals surface area (Å²) in [5, 5.41) is 3.85. The monoisotopic (exact) mass is 390 g/mol. The quantitative estimate of drug-likeness (QED) is 0.409. The van der Waals surface area contributed by atoms with E-state index in [1.807, 2.05) is 0 Å². The maximum absolute atomic E-state index is 5.97. The van der Waals surface area contributed by atoms with Gasteiger partial charge in [0.2, 0.25) is 0 Å². The molecule has 0 radical (unpaired) electrons. The Bertz CT molecular complexity index is 838. The highest BCUT2D eigenvalue weighted by molar-refractivity contribution is 5.62. The van der Waals surface area contributed by atoms with Gasteiger partial charge in [0.25, 0.3) is 0 Å². The lowest BCUT2D eigenvalue weighted by Gasteiger charge is -2.38. The van der Waals surface area contributed by atoms with Gasteiger partial charge in [-0.25, -0.2) is 0 Å². The molecule has 154 valence electrons. The Balaban J connectivity index is 1.57. The average Bonchev–Trinajstić information content (AvgIpc) is 3.25. The van der Waals surface area contributed by atoms with Crippen LogP contribution in [0.2, 0.25) is 0 Å². The predicted molar refractivity (Wildman–Crippen MR) is 123 cm³/mol. The summed E-state index contributed by atoms with van der Waals surface area (Å²) in [6, 6.07) is 16.1. The smallest absolute Gasteiger partial charge is 0.119 e. The molecular weight excluding hydrogens is 356 g/mol. The van der Waals surface area contributed by atoms with E-state index in [0.29, 0.717) is 17.9 Å². The number of ether oxygens (including phenoxy) is 1. The first-order chi connectivity index (χ1) is 14.2. The number of nitrogens with zero attached hydrogens (tertiary/aromatic N) is 1. The van der Waals surface area contributed by atoms with E-state index in [4.69, 9.17) is 4.74 Å². The average molecular weight is 391 g/mol. The van der Waals surface area contributed by atoms with Crippen LogP contribution in [0.5, 0.6) is 5.75 Å². The number of hydrogen-bond donors (Lipinski definition) is 1. The molecule has 0 spiro atoms. The highest BCUT2D eigenvalue weighted by Gasteiger charge is 2.38. The Morgan fingerprint density at radius 3 is 2.55 bits per heavy atom. The van der Waals surface area contributed by atoms with Crippen molar-refractivity contribution in [1.82, 2.24) is 0 Å². The fourth-order valence-corrected chi connectivity index (χ4v) is 4.81. The standard InChI is InChI=1S/C26H34N2O/c1-4-7-17-29-21-15-16-25-24(18-21)22-9-8-10-23(22)26(27-25)19-11-13-20(14-12-19)28(5-2)6-3/h8-9,11-16,18,22-23,26-27H,4-7,10,17H2,1-3H3. The summed E-state index contributed by atoms with van der Waals surface area (Å²) in [5.74, 6) is 2.03. The van der Waals surface area contributed by atoms with Gasteiger partial charge in [0, 0.05) is 30.4 Å². The molecule has 3 heteroatoms. The van der Waals surface area contributed by atoms with Crippen LogP contribution < -0.4 is 15.0 Å². The van der Waals surface area contributed by atoms with Crippen molar-refractivity contribution in [1.29, 1.82) is 0 Å². The van der Waals surface area contributed by atoms with Gasteiger partial charge in [-0.05, 0) is 74.1 Å². The number of fused-ring (bicyclic) bond motifs is 3. The predicted octanol–water partition coefficient (Wildman–Crippen LogP) is 6.54. The van der Waals surface area contributed by atoms with Crippen LogP contribution in [0.3, 0.4) is 0 Å². The first kappa shape index (κ1) is 19.9. The zero-order chi connectivity index (χ0) is 20.2. The van der Waals surface area contributed by atoms with E-state index in [-0.39, 0.29) is 0 Å². The van der Waals surface area contributed by atoms with Crippen LogP contribution in [0.1, 0.15) is 63.1 Å². The van der Waals surface area contributed by atoms with Crippen LogP contribution in [0.4, 0.5) is 11.4 Å². The minimum absolute atomic E-state index is 0.347. The molecule has 1 aliphatic carbocycles. The number of hydrogen-bond acceptors (Lipinski definition) is 3. The first-order valence-electron chi connectivity index (χ1n) is 11.3. The molecule has 2 aromatic carbocycles. The van der Waals surface area contributed by atoms with Gasteiger partial charge in [-0.3, -0.25) is 0 Å². The lowest BCUT2D eigenvalue weighted by Crippen LogP contribution is -2.29. The summed E-state index contributed by atoms with van der Waals surface area (Å²) in [5.41, 5.74) is 5.32. The van der Waals surface area contributed by atoms with Gasteiger partial charge in [0.1, 0.15) is 5.75 Å². The van der Waals surface area contributed by atoms with E-state index >= 15 is 0 Å². The third-order valence-corrected chi connectivity index (χ3v) is 6.48. The van der Waals surface area contributed by atoms with Crippen molar-refractivity contribution in [2.45, 2.75) is 52.0 Å². The van der Waals surface area contributed by atoms with Gasteiger partial charge in [-0.2, -0.15) is 0 Å². The maximum atomic E-state index is 5.97. The van der Waals surface area contributed by atoms with Crippen molar-refractivity contribution in [2.75, 3.05) is 29.9 Å². The fourth-order valence-electron chi connectivity index (χ4n) is 4.81. The third kappa shape index (κ3) is 4.01. The van der Waals surface area contributed by atoms with Crippen LogP contribution in [0.25, 0.3) is 0 Å². The molecule has 0 saturated carbocycles. The van der Waals surface area contributed by atoms with Gasteiger partial charge in [0.05, 0.1) is 12.6 Å². The van der Waals surface area contributed by atoms with Crippen molar-refractivity contribution < 1.29 is 4.74 Å². The Kier molecular flexibility index (Phi) is 6.13. The lowest BCUT2D eigenvalue weighted by molar-refractivity contribution is 0.308. The molecule has 0 amide bonds. The molecule has 0 saturated heterocycles. The molecule has 1 N–H and O–H groups in total. The lowest BCUT2D eigenvalue weighted by atomic mass is 9.77. The summed E-state index contributed by atoms with van der Waals surface area (Å²) in [6.45, 7) is 9.51. The second kappa shape index (κ2) is 8.94. The van der Waals surface area contributed by atoms with Crippen LogP contribution in [0.15, 0.2) is 54.6 Å². The Hall–Kier alpha value is -2.42. The summed E-state index contributed by atoms with van der Waals surface area (Å²) >= 11 is 0. The number of anilines is 2. The number of allylic oxidation sites excluding steroid dienone is 2. The van der Waals surface area contributed by atoms with Crippen LogP contribution in [-0.4, -0.2) is 19.7 Å². The number of benzene rings is 2. The topological polar surface area (TPSA) is 24.5 Å². The maximum Gasteiger partial charge on any atom is 0.119 e. The second-order valence-electron chi connectivity index (χ2n) is 8.19. The molecule has 29 heavy (non-hydrogen) atoms. The molecule has 3 atom stereocenters. The molecule has 0 fully saturated rings. The third-order valence-electron chi connectivity index (χ3n) is 6.48. The van der Waals surface area contributed by atoms with Gasteiger partial charge in [-0.15, -0.1) is 0 Å². The molecule has 3 nitrogen and oxygen atoms in total. The zero-order valence-corrected chi connectivity index (χ0v) is 18.0. The highest BCUT2D eigenvalue weighted by atomic mass is 16.5. The molecule has 3 unspecified atom stereocenters. The molecule has 0 bridgehead atoms. The molecule has 1 aliphatic heterocycles. The molecule has 0 aromatic heterocycles. The van der Waals surface area contributed by atoms with Crippen molar-refractivity contribution in [3.8, 4) is 5.75 Å². The van der Waals surface area contributed by atoms with E-state index in [1.54, 1.807) is 0 Å². The van der Waals surface area contributed by atoms with Crippen LogP contribution in [-0.2, 0) is 0 Å². The van der Waals surface area contributed by atoms with Gasteiger partial charge < -0.3 is 15.0 Å². The van der Waals surface area contributed by atoms with Crippen molar-refractivity contribution in [2.24, 2.45) is 5.92 Å². The van der Waals surface area contributed by atoms with E-state index in [1.165, 1.54) is 22.5 Å². The van der Waals surface area contributed by atoms with Crippen LogP contribution >= 0.6 is 0 Å². The second-order valence-corrected chi connectivity index (χ2v) is 8.19. The first-order valence-corrected chi connectivity index (χ1v) is 11.3. The fraction of sp³-hybridized carbons (Fsp3) is 0.462. The summed E-state index contributed by atoms with van der Waals surface area (Å²) in [7, 11) is 0. The van der Waals surface area contributed by atoms with E-state index < -0.39 is 0 Å². The van der Waals surface area contributed by atoms with E-state index in [9.17, 15) is 0 Å². The molecular formula is C26H34N2O. The molecule has 2 aromatic rings.